The van der Waals surface area contributed by atoms with Gasteiger partial charge in [-0.2, -0.15) is 0 Å². The van der Waals surface area contributed by atoms with Crippen LogP contribution >= 0.6 is 0 Å². The molecule has 0 aliphatic rings. The zero-order chi connectivity index (χ0) is 18.2. The van der Waals surface area contributed by atoms with Gasteiger partial charge in [-0.15, -0.1) is 0 Å². The normalized spacial score (nSPS) is 11.4. The molecule has 0 fully saturated rings. The fraction of sp³-hybridized carbons (Fsp3) is 0.222. The lowest BCUT2D eigenvalue weighted by atomic mass is 10.1. The first-order valence-electron chi connectivity index (χ1n) is 7.73. The first kappa shape index (κ1) is 18.1. The summed E-state index contributed by atoms with van der Waals surface area (Å²) < 4.78 is 5.40. The Morgan fingerprint density at radius 1 is 1.28 bits per heavy atom. The van der Waals surface area contributed by atoms with Gasteiger partial charge in [0.15, 0.2) is 11.9 Å². The topological polar surface area (TPSA) is 98.5 Å². The van der Waals surface area contributed by atoms with Gasteiger partial charge in [0, 0.05) is 18.2 Å². The Bertz CT molecular complexity index is 761. The van der Waals surface area contributed by atoms with Gasteiger partial charge in [0.25, 0.3) is 5.91 Å². The largest absolute Gasteiger partial charge is 0.474 e. The number of nitrogens with one attached hydrogen (secondary N) is 1. The Morgan fingerprint density at radius 2 is 2.00 bits per heavy atom. The van der Waals surface area contributed by atoms with Gasteiger partial charge in [0.05, 0.1) is 4.92 Å². The van der Waals surface area contributed by atoms with Gasteiger partial charge < -0.3 is 10.1 Å². The van der Waals surface area contributed by atoms with Crippen LogP contribution < -0.4 is 10.1 Å². The van der Waals surface area contributed by atoms with Crippen molar-refractivity contribution < 1.29 is 19.2 Å². The molecule has 0 spiro atoms. The number of carbonyl (C=O) groups excluding carboxylic acids is 2. The first-order valence-corrected chi connectivity index (χ1v) is 7.73. The van der Waals surface area contributed by atoms with Crippen molar-refractivity contribution in [3.63, 3.8) is 0 Å². The van der Waals surface area contributed by atoms with E-state index in [9.17, 15) is 19.7 Å². The zero-order valence-electron chi connectivity index (χ0n) is 13.7. The van der Waals surface area contributed by atoms with Crippen molar-refractivity contribution in [3.05, 3.63) is 69.8 Å². The van der Waals surface area contributed by atoms with Crippen molar-refractivity contribution in [2.75, 3.05) is 6.54 Å². The van der Waals surface area contributed by atoms with Crippen LogP contribution in [0.5, 0.6) is 5.75 Å². The van der Waals surface area contributed by atoms with Gasteiger partial charge in [0.2, 0.25) is 0 Å². The number of nitro benzene ring substituents is 1. The molecule has 2 rings (SSSR count). The van der Waals surface area contributed by atoms with Crippen LogP contribution in [0.15, 0.2) is 48.5 Å². The molecule has 1 N–H and O–H groups in total. The molecular weight excluding hydrogens is 324 g/mol. The molecule has 0 saturated carbocycles. The minimum atomic E-state index is -0.906. The van der Waals surface area contributed by atoms with Crippen LogP contribution in [0, 0.1) is 10.1 Å². The zero-order valence-corrected chi connectivity index (χ0v) is 13.7. The lowest BCUT2D eigenvalue weighted by molar-refractivity contribution is -0.386. The molecule has 0 aliphatic carbocycles. The molecule has 7 nitrogen and oxygen atoms in total. The van der Waals surface area contributed by atoms with E-state index in [0.29, 0.717) is 19.3 Å². The molecule has 0 heterocycles. The van der Waals surface area contributed by atoms with E-state index in [4.69, 9.17) is 4.74 Å². The number of rotatable bonds is 8. The number of aldehydes is 1. The Kier molecular flexibility index (Phi) is 6.22. The quantitative estimate of drug-likeness (QED) is 0.451. The number of nitrogens with zero attached hydrogens (tertiary/aromatic N) is 1. The highest BCUT2D eigenvalue weighted by Crippen LogP contribution is 2.28. The van der Waals surface area contributed by atoms with Crippen LogP contribution in [0.2, 0.25) is 0 Å². The number of nitro groups is 1. The van der Waals surface area contributed by atoms with Crippen LogP contribution in [0.25, 0.3) is 0 Å². The third-order valence-corrected chi connectivity index (χ3v) is 3.54. The van der Waals surface area contributed by atoms with Gasteiger partial charge in [-0.3, -0.25) is 19.7 Å². The summed E-state index contributed by atoms with van der Waals surface area (Å²) in [5.41, 5.74) is 0.906. The van der Waals surface area contributed by atoms with E-state index < -0.39 is 11.0 Å². The Morgan fingerprint density at radius 3 is 2.64 bits per heavy atom. The second-order valence-electron chi connectivity index (χ2n) is 5.39. The predicted molar refractivity (Wildman–Crippen MR) is 91.7 cm³/mol. The fourth-order valence-corrected chi connectivity index (χ4v) is 2.21. The minimum Gasteiger partial charge on any atom is -0.474 e. The molecule has 1 amide bonds. The highest BCUT2D eigenvalue weighted by molar-refractivity contribution is 5.81. The number of carbonyl (C=O) groups is 2. The van der Waals surface area contributed by atoms with E-state index in [1.807, 2.05) is 30.3 Å². The fourth-order valence-electron chi connectivity index (χ4n) is 2.21. The van der Waals surface area contributed by atoms with Crippen molar-refractivity contribution in [3.8, 4) is 5.75 Å². The van der Waals surface area contributed by atoms with Crippen molar-refractivity contribution in [1.82, 2.24) is 5.32 Å². The van der Waals surface area contributed by atoms with Crippen molar-refractivity contribution in [2.45, 2.75) is 19.4 Å². The van der Waals surface area contributed by atoms with E-state index >= 15 is 0 Å². The maximum absolute atomic E-state index is 12.1. The van der Waals surface area contributed by atoms with Crippen molar-refractivity contribution in [1.29, 1.82) is 0 Å². The summed E-state index contributed by atoms with van der Waals surface area (Å²) in [6.45, 7) is 1.94. The number of hydrogen-bond donors (Lipinski definition) is 1. The molecule has 0 aliphatic heterocycles. The SMILES string of the molecule is C[C@@H](Oc1ccc(C=O)cc1[N+](=O)[O-])C(=O)NCCc1ccccc1. The summed E-state index contributed by atoms with van der Waals surface area (Å²) in [6.07, 6.45) is 0.279. The van der Waals surface area contributed by atoms with Gasteiger partial charge in [-0.1, -0.05) is 30.3 Å². The lowest BCUT2D eigenvalue weighted by Gasteiger charge is -2.15. The van der Waals surface area contributed by atoms with Crippen molar-refractivity contribution >= 4 is 17.9 Å². The summed E-state index contributed by atoms with van der Waals surface area (Å²) in [5.74, 6) is -0.425. The number of benzene rings is 2. The average molecular weight is 342 g/mol. The average Bonchev–Trinajstić information content (AvgIpc) is 2.62. The van der Waals surface area contributed by atoms with E-state index in [1.54, 1.807) is 0 Å². The summed E-state index contributed by atoms with van der Waals surface area (Å²) in [6, 6.07) is 13.5. The standard InChI is InChI=1S/C18H18N2O5/c1-13(18(22)19-10-9-14-5-3-2-4-6-14)25-17-8-7-15(12-21)11-16(17)20(23)24/h2-8,11-13H,9-10H2,1H3,(H,19,22)/t13-/m1/s1. The number of amides is 1. The van der Waals surface area contributed by atoms with E-state index in [0.717, 1.165) is 11.6 Å². The van der Waals surface area contributed by atoms with Gasteiger partial charge >= 0.3 is 5.69 Å². The summed E-state index contributed by atoms with van der Waals surface area (Å²) >= 11 is 0. The third kappa shape index (κ3) is 5.13. The molecule has 25 heavy (non-hydrogen) atoms. The Labute approximate surface area is 144 Å². The first-order chi connectivity index (χ1) is 12.0. The smallest absolute Gasteiger partial charge is 0.311 e. The van der Waals surface area contributed by atoms with Gasteiger partial charge in [-0.05, 0) is 31.0 Å². The highest BCUT2D eigenvalue weighted by atomic mass is 16.6. The molecule has 2 aromatic carbocycles. The molecule has 0 saturated heterocycles. The van der Waals surface area contributed by atoms with Crippen LogP contribution in [0.1, 0.15) is 22.8 Å². The lowest BCUT2D eigenvalue weighted by Crippen LogP contribution is -2.37. The summed E-state index contributed by atoms with van der Waals surface area (Å²) in [4.78, 5) is 33.2. The van der Waals surface area contributed by atoms with Crippen LogP contribution in [0.4, 0.5) is 5.69 Å². The van der Waals surface area contributed by atoms with Crippen molar-refractivity contribution in [2.24, 2.45) is 0 Å². The molecule has 0 unspecified atom stereocenters. The van der Waals surface area contributed by atoms with E-state index in [2.05, 4.69) is 5.32 Å². The maximum Gasteiger partial charge on any atom is 0.311 e. The molecule has 130 valence electrons. The summed E-state index contributed by atoms with van der Waals surface area (Å²) in [5, 5.41) is 13.8. The predicted octanol–water partition coefficient (Wildman–Crippen LogP) is 2.53. The second kappa shape index (κ2) is 8.58. The van der Waals surface area contributed by atoms with E-state index in [1.165, 1.54) is 19.1 Å². The Hall–Kier alpha value is -3.22. The molecule has 0 radical (unpaired) electrons. The van der Waals surface area contributed by atoms with Crippen LogP contribution in [-0.4, -0.2) is 29.8 Å². The van der Waals surface area contributed by atoms with Crippen LogP contribution in [-0.2, 0) is 11.2 Å². The van der Waals surface area contributed by atoms with Gasteiger partial charge in [-0.25, -0.2) is 0 Å². The number of ether oxygens (including phenoxy) is 1. The molecule has 1 atom stereocenters. The monoisotopic (exact) mass is 342 g/mol. The molecule has 2 aromatic rings. The highest BCUT2D eigenvalue weighted by Gasteiger charge is 2.21. The molecule has 0 bridgehead atoms. The minimum absolute atomic E-state index is 0.0543. The van der Waals surface area contributed by atoms with Crippen LogP contribution in [0.3, 0.4) is 0 Å². The molecule has 0 aromatic heterocycles. The molecule has 7 heteroatoms. The Balaban J connectivity index is 1.94. The maximum atomic E-state index is 12.1. The van der Waals surface area contributed by atoms with E-state index in [-0.39, 0.29) is 22.9 Å². The second-order valence-corrected chi connectivity index (χ2v) is 5.39. The third-order valence-electron chi connectivity index (χ3n) is 3.54. The molecular formula is C18H18N2O5. The number of hydrogen-bond acceptors (Lipinski definition) is 5. The van der Waals surface area contributed by atoms with Gasteiger partial charge in [0.1, 0.15) is 6.29 Å². The summed E-state index contributed by atoms with van der Waals surface area (Å²) in [7, 11) is 0.